The van der Waals surface area contributed by atoms with E-state index in [-0.39, 0.29) is 17.4 Å². The lowest BCUT2D eigenvalue weighted by Gasteiger charge is -2.19. The highest BCUT2D eigenvalue weighted by Crippen LogP contribution is 2.38. The minimum atomic E-state index is -0.0100. The van der Waals surface area contributed by atoms with Crippen molar-refractivity contribution in [1.82, 2.24) is 4.90 Å². The van der Waals surface area contributed by atoms with Gasteiger partial charge in [-0.15, -0.1) is 0 Å². The van der Waals surface area contributed by atoms with Gasteiger partial charge >= 0.3 is 0 Å². The molecule has 1 aliphatic heterocycles. The van der Waals surface area contributed by atoms with E-state index in [2.05, 4.69) is 45.0 Å². The SMILES string of the molecule is CC(C)(C)c1ccc(-c2ccc(C(=O)N3CC4CCC(N)C4C3)o2)cc1. The standard InChI is InChI=1S/C22H28N2O2/c1-22(2,3)16-7-4-14(5-8-16)19-10-11-20(26-19)21(25)24-12-15-6-9-18(23)17(15)13-24/h4-5,7-8,10-11,15,17-18H,6,9,12-13,23H2,1-3H3. The quantitative estimate of drug-likeness (QED) is 0.887. The minimum Gasteiger partial charge on any atom is -0.451 e. The second kappa shape index (κ2) is 6.27. The van der Waals surface area contributed by atoms with Crippen LogP contribution in [0, 0.1) is 11.8 Å². The number of carbonyl (C=O) groups is 1. The number of nitrogens with two attached hydrogens (primary N) is 1. The number of fused-ring (bicyclic) bond motifs is 1. The molecule has 4 nitrogen and oxygen atoms in total. The van der Waals surface area contributed by atoms with Crippen LogP contribution in [-0.2, 0) is 5.41 Å². The van der Waals surface area contributed by atoms with Gasteiger partial charge in [-0.3, -0.25) is 4.79 Å². The topological polar surface area (TPSA) is 59.5 Å². The number of nitrogens with zero attached hydrogens (tertiary/aromatic N) is 1. The molecule has 4 rings (SSSR count). The highest BCUT2D eigenvalue weighted by molar-refractivity contribution is 5.92. The van der Waals surface area contributed by atoms with E-state index in [9.17, 15) is 4.79 Å². The van der Waals surface area contributed by atoms with Crippen molar-refractivity contribution in [2.24, 2.45) is 17.6 Å². The third-order valence-corrected chi connectivity index (χ3v) is 6.05. The van der Waals surface area contributed by atoms with Crippen LogP contribution >= 0.6 is 0 Å². The number of hydrogen-bond donors (Lipinski definition) is 1. The maximum Gasteiger partial charge on any atom is 0.289 e. The Kier molecular flexibility index (Phi) is 4.19. The molecule has 2 aliphatic rings. The second-order valence-electron chi connectivity index (χ2n) is 8.87. The fraction of sp³-hybridized carbons (Fsp3) is 0.500. The first kappa shape index (κ1) is 17.3. The van der Waals surface area contributed by atoms with Gasteiger partial charge in [0.2, 0.25) is 0 Å². The third-order valence-electron chi connectivity index (χ3n) is 6.05. The van der Waals surface area contributed by atoms with Gasteiger partial charge in [-0.05, 0) is 47.8 Å². The second-order valence-corrected chi connectivity index (χ2v) is 8.87. The zero-order chi connectivity index (χ0) is 18.5. The number of likely N-dealkylation sites (tertiary alicyclic amines) is 1. The van der Waals surface area contributed by atoms with Crippen LogP contribution in [0.1, 0.15) is 49.7 Å². The van der Waals surface area contributed by atoms with E-state index < -0.39 is 0 Å². The largest absolute Gasteiger partial charge is 0.451 e. The van der Waals surface area contributed by atoms with Crippen LogP contribution in [0.5, 0.6) is 0 Å². The van der Waals surface area contributed by atoms with E-state index in [1.165, 1.54) is 5.56 Å². The molecule has 138 valence electrons. The molecular formula is C22H28N2O2. The molecule has 1 aromatic carbocycles. The Balaban J connectivity index is 1.49. The Labute approximate surface area is 155 Å². The monoisotopic (exact) mass is 352 g/mol. The number of amides is 1. The summed E-state index contributed by atoms with van der Waals surface area (Å²) in [5.74, 6) is 2.18. The van der Waals surface area contributed by atoms with Crippen LogP contribution in [0.4, 0.5) is 0 Å². The van der Waals surface area contributed by atoms with E-state index in [0.717, 1.165) is 37.3 Å². The normalized spacial score (nSPS) is 25.5. The summed E-state index contributed by atoms with van der Waals surface area (Å²) in [6, 6.07) is 12.3. The zero-order valence-corrected chi connectivity index (χ0v) is 15.9. The summed E-state index contributed by atoms with van der Waals surface area (Å²) in [5.41, 5.74) is 8.58. The van der Waals surface area contributed by atoms with E-state index in [1.54, 1.807) is 6.07 Å². The Bertz CT molecular complexity index is 800. The summed E-state index contributed by atoms with van der Waals surface area (Å²) in [6.07, 6.45) is 2.23. The van der Waals surface area contributed by atoms with Gasteiger partial charge in [-0.25, -0.2) is 0 Å². The van der Waals surface area contributed by atoms with Gasteiger partial charge in [0.15, 0.2) is 5.76 Å². The van der Waals surface area contributed by atoms with Crippen LogP contribution in [-0.4, -0.2) is 29.9 Å². The van der Waals surface area contributed by atoms with E-state index in [1.807, 2.05) is 11.0 Å². The molecule has 1 amide bonds. The summed E-state index contributed by atoms with van der Waals surface area (Å²) >= 11 is 0. The maximum absolute atomic E-state index is 12.8. The summed E-state index contributed by atoms with van der Waals surface area (Å²) in [6.45, 7) is 8.17. The molecule has 0 radical (unpaired) electrons. The Morgan fingerprint density at radius 1 is 1.08 bits per heavy atom. The molecule has 1 aliphatic carbocycles. The molecule has 26 heavy (non-hydrogen) atoms. The molecule has 1 saturated carbocycles. The molecule has 3 atom stereocenters. The fourth-order valence-corrected chi connectivity index (χ4v) is 4.37. The number of hydrogen-bond acceptors (Lipinski definition) is 3. The van der Waals surface area contributed by atoms with E-state index in [4.69, 9.17) is 10.2 Å². The molecule has 2 fully saturated rings. The molecule has 0 spiro atoms. The number of carbonyl (C=O) groups excluding carboxylic acids is 1. The molecule has 1 aromatic heterocycles. The van der Waals surface area contributed by atoms with Crippen molar-refractivity contribution < 1.29 is 9.21 Å². The summed E-state index contributed by atoms with van der Waals surface area (Å²) < 4.78 is 5.90. The molecular weight excluding hydrogens is 324 g/mol. The summed E-state index contributed by atoms with van der Waals surface area (Å²) in [5, 5.41) is 0. The predicted molar refractivity (Wildman–Crippen MR) is 103 cm³/mol. The van der Waals surface area contributed by atoms with Crippen molar-refractivity contribution in [3.05, 3.63) is 47.7 Å². The van der Waals surface area contributed by atoms with Crippen LogP contribution in [0.3, 0.4) is 0 Å². The van der Waals surface area contributed by atoms with Gasteiger partial charge in [0, 0.05) is 24.7 Å². The first-order valence-electron chi connectivity index (χ1n) is 9.58. The van der Waals surface area contributed by atoms with E-state index in [0.29, 0.717) is 17.6 Å². The van der Waals surface area contributed by atoms with Crippen molar-refractivity contribution in [2.45, 2.75) is 45.1 Å². The van der Waals surface area contributed by atoms with Gasteiger partial charge in [-0.1, -0.05) is 45.0 Å². The smallest absolute Gasteiger partial charge is 0.289 e. The number of benzene rings is 1. The van der Waals surface area contributed by atoms with Gasteiger partial charge in [0.05, 0.1) is 0 Å². The van der Waals surface area contributed by atoms with Crippen molar-refractivity contribution >= 4 is 5.91 Å². The van der Waals surface area contributed by atoms with Crippen molar-refractivity contribution in [3.63, 3.8) is 0 Å². The average molecular weight is 352 g/mol. The zero-order valence-electron chi connectivity index (χ0n) is 15.9. The number of furan rings is 1. The fourth-order valence-electron chi connectivity index (χ4n) is 4.37. The van der Waals surface area contributed by atoms with Gasteiger partial charge in [0.1, 0.15) is 5.76 Å². The Hall–Kier alpha value is -2.07. The van der Waals surface area contributed by atoms with Crippen LogP contribution in [0.2, 0.25) is 0 Å². The lowest BCUT2D eigenvalue weighted by atomic mass is 9.86. The van der Waals surface area contributed by atoms with Gasteiger partial charge < -0.3 is 15.1 Å². The molecule has 4 heteroatoms. The highest BCUT2D eigenvalue weighted by Gasteiger charge is 2.43. The average Bonchev–Trinajstić information content (AvgIpc) is 3.31. The maximum atomic E-state index is 12.8. The Morgan fingerprint density at radius 2 is 1.81 bits per heavy atom. The molecule has 3 unspecified atom stereocenters. The first-order valence-corrected chi connectivity index (χ1v) is 9.58. The highest BCUT2D eigenvalue weighted by atomic mass is 16.4. The van der Waals surface area contributed by atoms with Gasteiger partial charge in [-0.2, -0.15) is 0 Å². The van der Waals surface area contributed by atoms with Crippen LogP contribution < -0.4 is 5.73 Å². The van der Waals surface area contributed by atoms with Crippen LogP contribution in [0.25, 0.3) is 11.3 Å². The predicted octanol–water partition coefficient (Wildman–Crippen LogP) is 4.05. The minimum absolute atomic E-state index is 0.0100. The van der Waals surface area contributed by atoms with Gasteiger partial charge in [0.25, 0.3) is 5.91 Å². The Morgan fingerprint density at radius 3 is 2.46 bits per heavy atom. The van der Waals surface area contributed by atoms with E-state index >= 15 is 0 Å². The van der Waals surface area contributed by atoms with Crippen molar-refractivity contribution in [2.75, 3.05) is 13.1 Å². The summed E-state index contributed by atoms with van der Waals surface area (Å²) in [7, 11) is 0. The van der Waals surface area contributed by atoms with Crippen molar-refractivity contribution in [1.29, 1.82) is 0 Å². The van der Waals surface area contributed by atoms with Crippen molar-refractivity contribution in [3.8, 4) is 11.3 Å². The number of rotatable bonds is 2. The molecule has 2 heterocycles. The molecule has 0 bridgehead atoms. The lowest BCUT2D eigenvalue weighted by Crippen LogP contribution is -2.33. The third kappa shape index (κ3) is 3.07. The molecule has 1 saturated heterocycles. The summed E-state index contributed by atoms with van der Waals surface area (Å²) in [4.78, 5) is 14.7. The molecule has 2 aromatic rings. The first-order chi connectivity index (χ1) is 12.3. The lowest BCUT2D eigenvalue weighted by molar-refractivity contribution is 0.0749. The molecule has 2 N–H and O–H groups in total. The van der Waals surface area contributed by atoms with Crippen LogP contribution in [0.15, 0.2) is 40.8 Å².